The van der Waals surface area contributed by atoms with Crippen molar-refractivity contribution in [2.24, 2.45) is 0 Å². The summed E-state index contributed by atoms with van der Waals surface area (Å²) in [5, 5.41) is 13.8. The third-order valence-corrected chi connectivity index (χ3v) is 5.63. The molecule has 1 fully saturated rings. The number of anilines is 1. The Kier molecular flexibility index (Phi) is 5.63. The first kappa shape index (κ1) is 20.8. The summed E-state index contributed by atoms with van der Waals surface area (Å²) in [4.78, 5) is 28.7. The van der Waals surface area contributed by atoms with Crippen LogP contribution in [0.4, 0.5) is 11.4 Å². The van der Waals surface area contributed by atoms with Gasteiger partial charge in [0, 0.05) is 28.4 Å². The van der Waals surface area contributed by atoms with Crippen molar-refractivity contribution < 1.29 is 19.6 Å². The summed E-state index contributed by atoms with van der Waals surface area (Å²) in [6.07, 6.45) is 0. The summed E-state index contributed by atoms with van der Waals surface area (Å²) < 4.78 is 0. The lowest BCUT2D eigenvalue weighted by Crippen LogP contribution is -3.00. The largest absolute Gasteiger partial charge is 0.872 e. The quantitative estimate of drug-likeness (QED) is 0.391. The van der Waals surface area contributed by atoms with Gasteiger partial charge in [0.15, 0.2) is 0 Å². The smallest absolute Gasteiger partial charge is 0.299 e. The van der Waals surface area contributed by atoms with E-state index in [1.54, 1.807) is 36.4 Å². The highest BCUT2D eigenvalue weighted by Gasteiger charge is 2.45. The number of ketones is 1. The molecule has 1 amide bonds. The number of benzene rings is 3. The molecule has 1 atom stereocenters. The molecule has 6 heteroatoms. The van der Waals surface area contributed by atoms with Gasteiger partial charge in [-0.15, -0.1) is 0 Å². The van der Waals surface area contributed by atoms with Gasteiger partial charge in [-0.3, -0.25) is 14.5 Å². The molecule has 0 aromatic heterocycles. The normalized spacial score (nSPS) is 18.1. The highest BCUT2D eigenvalue weighted by Crippen LogP contribution is 2.41. The molecule has 156 valence electrons. The van der Waals surface area contributed by atoms with Crippen molar-refractivity contribution in [1.29, 1.82) is 0 Å². The Balaban J connectivity index is 1.89. The molecule has 3 aromatic carbocycles. The molecule has 3 aromatic rings. The molecule has 0 bridgehead atoms. The van der Waals surface area contributed by atoms with Crippen LogP contribution in [0.15, 0.2) is 84.4 Å². The van der Waals surface area contributed by atoms with Gasteiger partial charge >= 0.3 is 0 Å². The number of halogens is 1. The number of hydrogen-bond acceptors (Lipinski definition) is 3. The van der Waals surface area contributed by atoms with E-state index >= 15 is 0 Å². The molecule has 31 heavy (non-hydrogen) atoms. The first-order valence-corrected chi connectivity index (χ1v) is 10.3. The molecule has 0 aliphatic carbocycles. The fraction of sp³-hybridized carbons (Fsp3) is 0.120. The van der Waals surface area contributed by atoms with Crippen molar-refractivity contribution in [3.63, 3.8) is 0 Å². The Morgan fingerprint density at radius 1 is 0.903 bits per heavy atom. The Morgan fingerprint density at radius 2 is 1.52 bits per heavy atom. The highest BCUT2D eigenvalue weighted by molar-refractivity contribution is 6.51. The van der Waals surface area contributed by atoms with Crippen molar-refractivity contribution in [3.05, 3.63) is 101 Å². The van der Waals surface area contributed by atoms with E-state index in [0.717, 1.165) is 10.6 Å². The summed E-state index contributed by atoms with van der Waals surface area (Å²) in [5.74, 6) is -1.96. The van der Waals surface area contributed by atoms with Crippen LogP contribution in [0, 0.1) is 0 Å². The number of Topliss-reactive ketones (excluding diaryl/α,β-unsaturated/α-hetero) is 1. The van der Waals surface area contributed by atoms with E-state index in [2.05, 4.69) is 0 Å². The van der Waals surface area contributed by atoms with Crippen LogP contribution in [0.5, 0.6) is 0 Å². The van der Waals surface area contributed by atoms with Gasteiger partial charge in [-0.05, 0) is 35.4 Å². The molecule has 1 N–H and O–H groups in total. The van der Waals surface area contributed by atoms with E-state index in [1.165, 1.54) is 4.90 Å². The fourth-order valence-corrected chi connectivity index (χ4v) is 3.88. The molecule has 1 unspecified atom stereocenters. The van der Waals surface area contributed by atoms with E-state index < -0.39 is 23.5 Å². The van der Waals surface area contributed by atoms with Crippen molar-refractivity contribution in [1.82, 2.24) is 0 Å². The molecule has 5 nitrogen and oxygen atoms in total. The van der Waals surface area contributed by atoms with E-state index in [-0.39, 0.29) is 5.57 Å². The zero-order valence-corrected chi connectivity index (χ0v) is 17.9. The van der Waals surface area contributed by atoms with Crippen LogP contribution in [0.2, 0.25) is 5.02 Å². The van der Waals surface area contributed by atoms with Crippen LogP contribution in [0.1, 0.15) is 17.2 Å². The summed E-state index contributed by atoms with van der Waals surface area (Å²) in [6, 6.07) is 22.1. The zero-order chi connectivity index (χ0) is 22.1. The van der Waals surface area contributed by atoms with Gasteiger partial charge in [0.2, 0.25) is 5.78 Å². The van der Waals surface area contributed by atoms with Gasteiger partial charge in [0.05, 0.1) is 20.1 Å². The Bertz CT molecular complexity index is 1150. The van der Waals surface area contributed by atoms with Crippen molar-refractivity contribution in [3.8, 4) is 0 Å². The second-order valence-corrected chi connectivity index (χ2v) is 8.05. The third-order valence-electron chi connectivity index (χ3n) is 5.38. The molecule has 1 saturated heterocycles. The lowest BCUT2D eigenvalue weighted by atomic mass is 9.95. The third kappa shape index (κ3) is 3.85. The van der Waals surface area contributed by atoms with Gasteiger partial charge in [-0.1, -0.05) is 59.8 Å². The summed E-state index contributed by atoms with van der Waals surface area (Å²) >= 11 is 5.94. The summed E-state index contributed by atoms with van der Waals surface area (Å²) in [6.45, 7) is 0. The highest BCUT2D eigenvalue weighted by atomic mass is 35.5. The van der Waals surface area contributed by atoms with Crippen molar-refractivity contribution >= 4 is 40.4 Å². The Hall–Kier alpha value is -3.41. The summed E-state index contributed by atoms with van der Waals surface area (Å²) in [7, 11) is 4.01. The lowest BCUT2D eigenvalue weighted by molar-refractivity contribution is -0.786. The zero-order valence-electron chi connectivity index (χ0n) is 17.1. The van der Waals surface area contributed by atoms with Crippen LogP contribution in [-0.2, 0) is 9.59 Å². The van der Waals surface area contributed by atoms with Crippen molar-refractivity contribution in [2.45, 2.75) is 6.04 Å². The number of carbonyl (C=O) groups is 2. The molecule has 0 radical (unpaired) electrons. The topological polar surface area (TPSA) is 64.9 Å². The minimum Gasteiger partial charge on any atom is -0.872 e. The Morgan fingerprint density at radius 3 is 2.10 bits per heavy atom. The number of rotatable bonds is 4. The number of amides is 1. The Labute approximate surface area is 185 Å². The van der Waals surface area contributed by atoms with Crippen LogP contribution in [-0.4, -0.2) is 25.8 Å². The van der Waals surface area contributed by atoms with Gasteiger partial charge in [-0.25, -0.2) is 0 Å². The first-order chi connectivity index (χ1) is 14.9. The number of nitrogens with one attached hydrogen (secondary N) is 1. The van der Waals surface area contributed by atoms with Crippen LogP contribution < -0.4 is 14.9 Å². The second kappa shape index (κ2) is 8.38. The van der Waals surface area contributed by atoms with E-state index in [4.69, 9.17) is 11.6 Å². The summed E-state index contributed by atoms with van der Waals surface area (Å²) in [5.41, 5.74) is 2.56. The minimum absolute atomic E-state index is 0.0548. The molecule has 1 heterocycles. The van der Waals surface area contributed by atoms with Gasteiger partial charge < -0.3 is 10.0 Å². The standard InChI is InChI=1S/C25H21ClN2O3/c1-27(2)19-12-14-20(15-13-19)28-22(16-6-4-3-5-7-16)21(24(30)25(28)31)23(29)17-8-10-18(26)11-9-17/h3-15,22,29H,1-2H3/b23-21+. The monoisotopic (exact) mass is 432 g/mol. The van der Waals surface area contributed by atoms with Gasteiger partial charge in [-0.2, -0.15) is 0 Å². The average molecular weight is 433 g/mol. The van der Waals surface area contributed by atoms with E-state index in [9.17, 15) is 14.7 Å². The van der Waals surface area contributed by atoms with Crippen LogP contribution in [0.25, 0.3) is 5.76 Å². The fourth-order valence-electron chi connectivity index (χ4n) is 3.75. The SMILES string of the molecule is C[NH+](C)c1ccc(N2C(=O)C(=O)/C(=C(/[O-])c3ccc(Cl)cc3)C2c2ccccc2)cc1. The molecular formula is C25H21ClN2O3. The second-order valence-electron chi connectivity index (χ2n) is 7.61. The maximum Gasteiger partial charge on any atom is 0.299 e. The predicted octanol–water partition coefficient (Wildman–Crippen LogP) is 2.54. The molecule has 0 saturated carbocycles. The van der Waals surface area contributed by atoms with E-state index in [0.29, 0.717) is 21.8 Å². The molecule has 0 spiro atoms. The van der Waals surface area contributed by atoms with Gasteiger partial charge in [0.1, 0.15) is 5.69 Å². The van der Waals surface area contributed by atoms with E-state index in [1.807, 2.05) is 56.6 Å². The number of carbonyl (C=O) groups excluding carboxylic acids is 2. The van der Waals surface area contributed by atoms with Crippen molar-refractivity contribution in [2.75, 3.05) is 19.0 Å². The molecule has 1 aliphatic heterocycles. The maximum absolute atomic E-state index is 13.3. The number of hydrogen-bond donors (Lipinski definition) is 1. The first-order valence-electron chi connectivity index (χ1n) is 9.89. The average Bonchev–Trinajstić information content (AvgIpc) is 3.05. The number of nitrogens with zero attached hydrogens (tertiary/aromatic N) is 1. The molecular weight excluding hydrogens is 412 g/mol. The maximum atomic E-state index is 13.3. The van der Waals surface area contributed by atoms with Crippen LogP contribution in [0.3, 0.4) is 0 Å². The molecule has 4 rings (SSSR count). The molecule has 1 aliphatic rings. The van der Waals surface area contributed by atoms with Gasteiger partial charge in [0.25, 0.3) is 5.91 Å². The number of quaternary nitrogens is 1. The van der Waals surface area contributed by atoms with Crippen LogP contribution >= 0.6 is 11.6 Å². The lowest BCUT2D eigenvalue weighted by Gasteiger charge is -2.27. The predicted molar refractivity (Wildman–Crippen MR) is 119 cm³/mol. The minimum atomic E-state index is -0.804.